The number of hydrogen-bond acceptors (Lipinski definition) is 5. The molecule has 0 aromatic heterocycles. The van der Waals surface area contributed by atoms with Crippen molar-refractivity contribution in [2.75, 3.05) is 12.4 Å². The van der Waals surface area contributed by atoms with Gasteiger partial charge >= 0.3 is 5.97 Å². The van der Waals surface area contributed by atoms with Gasteiger partial charge in [-0.1, -0.05) is 42.5 Å². The predicted molar refractivity (Wildman–Crippen MR) is 110 cm³/mol. The molecule has 0 bridgehead atoms. The van der Waals surface area contributed by atoms with Gasteiger partial charge in [0, 0.05) is 0 Å². The highest BCUT2D eigenvalue weighted by atomic mass is 32.2. The maximum Gasteiger partial charge on any atom is 0.339 e. The minimum Gasteiger partial charge on any atom is -0.465 e. The fraction of sp³-hybridized carbons (Fsp3) is 0.143. The summed E-state index contributed by atoms with van der Waals surface area (Å²) in [5, 5.41) is 4.25. The number of rotatable bonds is 6. The molecule has 0 unspecified atom stereocenters. The number of carbonyl (C=O) groups excluding carboxylic acids is 2. The molecule has 3 rings (SSSR count). The van der Waals surface area contributed by atoms with Gasteiger partial charge in [0.15, 0.2) is 0 Å². The maximum absolute atomic E-state index is 12.7. The van der Waals surface area contributed by atoms with Crippen LogP contribution in [0, 0.1) is 0 Å². The van der Waals surface area contributed by atoms with Gasteiger partial charge in [0.1, 0.15) is 0 Å². The molecule has 0 fully saturated rings. The summed E-state index contributed by atoms with van der Waals surface area (Å²) in [5.74, 6) is -1.21. The average Bonchev–Trinajstić information content (AvgIpc) is 2.72. The molecule has 7 nitrogen and oxygen atoms in total. The van der Waals surface area contributed by atoms with Crippen LogP contribution in [0.1, 0.15) is 17.3 Å². The number of esters is 1. The lowest BCUT2D eigenvalue weighted by Crippen LogP contribution is -2.41. The van der Waals surface area contributed by atoms with Gasteiger partial charge in [-0.25, -0.2) is 13.2 Å². The first-order valence-electron chi connectivity index (χ1n) is 8.81. The summed E-state index contributed by atoms with van der Waals surface area (Å²) in [6.07, 6.45) is 0. The quantitative estimate of drug-likeness (QED) is 0.606. The zero-order valence-electron chi connectivity index (χ0n) is 15.9. The standard InChI is InChI=1S/C21H20N2O5S/c1-14(20(24)22-19-10-6-5-9-18(19)21(25)28-2)23-29(26,27)17-12-11-15-7-3-4-8-16(15)13-17/h3-14,23H,1-2H3,(H,22,24)/t14-/m1/s1. The molecular formula is C21H20N2O5S. The van der Waals surface area contributed by atoms with Crippen LogP contribution < -0.4 is 10.0 Å². The lowest BCUT2D eigenvalue weighted by atomic mass is 10.1. The highest BCUT2D eigenvalue weighted by Gasteiger charge is 2.23. The molecule has 0 heterocycles. The number of fused-ring (bicyclic) bond motifs is 1. The molecule has 8 heteroatoms. The summed E-state index contributed by atoms with van der Waals surface area (Å²) in [6, 6.07) is 17.4. The number of methoxy groups -OCH3 is 1. The number of nitrogens with one attached hydrogen (secondary N) is 2. The number of anilines is 1. The molecule has 3 aromatic carbocycles. The molecule has 0 spiro atoms. The summed E-state index contributed by atoms with van der Waals surface area (Å²) in [4.78, 5) is 24.4. The van der Waals surface area contributed by atoms with Crippen LogP contribution in [0.2, 0.25) is 0 Å². The third kappa shape index (κ3) is 4.61. The Morgan fingerprint density at radius 3 is 2.31 bits per heavy atom. The van der Waals surface area contributed by atoms with Crippen molar-refractivity contribution in [2.45, 2.75) is 17.9 Å². The van der Waals surface area contributed by atoms with E-state index in [1.54, 1.807) is 24.3 Å². The van der Waals surface area contributed by atoms with Crippen molar-refractivity contribution in [3.63, 3.8) is 0 Å². The Balaban J connectivity index is 1.77. The fourth-order valence-electron chi connectivity index (χ4n) is 2.81. The van der Waals surface area contributed by atoms with E-state index in [9.17, 15) is 18.0 Å². The second kappa shape index (κ2) is 8.42. The van der Waals surface area contributed by atoms with E-state index in [1.807, 2.05) is 24.3 Å². The summed E-state index contributed by atoms with van der Waals surface area (Å²) in [7, 11) is -2.68. The summed E-state index contributed by atoms with van der Waals surface area (Å²) < 4.78 is 32.5. The SMILES string of the molecule is COC(=O)c1ccccc1NC(=O)[C@@H](C)NS(=O)(=O)c1ccc2ccccc2c1. The number of carbonyl (C=O) groups is 2. The number of amides is 1. The van der Waals surface area contributed by atoms with Crippen molar-refractivity contribution in [1.82, 2.24) is 4.72 Å². The Bertz CT molecular complexity index is 1170. The van der Waals surface area contributed by atoms with Gasteiger partial charge in [-0.15, -0.1) is 0 Å². The number of ether oxygens (including phenoxy) is 1. The van der Waals surface area contributed by atoms with E-state index in [2.05, 4.69) is 10.0 Å². The number of sulfonamides is 1. The van der Waals surface area contributed by atoms with Gasteiger partial charge in [0.25, 0.3) is 0 Å². The van der Waals surface area contributed by atoms with Crippen LogP contribution in [-0.4, -0.2) is 33.4 Å². The zero-order chi connectivity index (χ0) is 21.0. The largest absolute Gasteiger partial charge is 0.465 e. The smallest absolute Gasteiger partial charge is 0.339 e. The Kier molecular flexibility index (Phi) is 5.95. The van der Waals surface area contributed by atoms with Crippen LogP contribution in [0.25, 0.3) is 10.8 Å². The van der Waals surface area contributed by atoms with E-state index < -0.39 is 27.9 Å². The Labute approximate surface area is 168 Å². The average molecular weight is 412 g/mol. The fourth-order valence-corrected chi connectivity index (χ4v) is 4.05. The van der Waals surface area contributed by atoms with E-state index >= 15 is 0 Å². The lowest BCUT2D eigenvalue weighted by Gasteiger charge is -2.16. The molecule has 0 aliphatic heterocycles. The van der Waals surface area contributed by atoms with Gasteiger partial charge in [-0.3, -0.25) is 4.79 Å². The van der Waals surface area contributed by atoms with Gasteiger partial charge in [-0.2, -0.15) is 4.72 Å². The highest BCUT2D eigenvalue weighted by Crippen LogP contribution is 2.20. The van der Waals surface area contributed by atoms with Crippen molar-refractivity contribution in [1.29, 1.82) is 0 Å². The van der Waals surface area contributed by atoms with Gasteiger partial charge in [-0.05, 0) is 42.0 Å². The van der Waals surface area contributed by atoms with Crippen LogP contribution in [0.5, 0.6) is 0 Å². The van der Waals surface area contributed by atoms with Crippen LogP contribution in [0.15, 0.2) is 71.6 Å². The first kappa shape index (κ1) is 20.5. The van der Waals surface area contributed by atoms with Crippen LogP contribution in [0.3, 0.4) is 0 Å². The lowest BCUT2D eigenvalue weighted by molar-refractivity contribution is -0.117. The number of para-hydroxylation sites is 1. The third-order valence-electron chi connectivity index (χ3n) is 4.35. The van der Waals surface area contributed by atoms with Crippen molar-refractivity contribution < 1.29 is 22.7 Å². The summed E-state index contributed by atoms with van der Waals surface area (Å²) >= 11 is 0. The molecule has 2 N–H and O–H groups in total. The molecule has 0 aliphatic carbocycles. The molecule has 0 saturated heterocycles. The van der Waals surface area contributed by atoms with E-state index in [1.165, 1.54) is 32.2 Å². The molecule has 0 saturated carbocycles. The molecule has 29 heavy (non-hydrogen) atoms. The molecule has 1 atom stereocenters. The molecule has 0 radical (unpaired) electrons. The van der Waals surface area contributed by atoms with Crippen molar-refractivity contribution in [3.05, 3.63) is 72.3 Å². The summed E-state index contributed by atoms with van der Waals surface area (Å²) in [5.41, 5.74) is 0.411. The maximum atomic E-state index is 12.7. The first-order valence-corrected chi connectivity index (χ1v) is 10.3. The van der Waals surface area contributed by atoms with E-state index in [0.29, 0.717) is 0 Å². The molecule has 1 amide bonds. The van der Waals surface area contributed by atoms with Gasteiger partial charge in [0.2, 0.25) is 15.9 Å². The highest BCUT2D eigenvalue weighted by molar-refractivity contribution is 7.89. The molecule has 150 valence electrons. The Morgan fingerprint density at radius 1 is 0.931 bits per heavy atom. The second-order valence-corrected chi connectivity index (χ2v) is 8.09. The van der Waals surface area contributed by atoms with E-state index in [-0.39, 0.29) is 16.1 Å². The van der Waals surface area contributed by atoms with E-state index in [0.717, 1.165) is 10.8 Å². The van der Waals surface area contributed by atoms with Crippen LogP contribution in [-0.2, 0) is 19.6 Å². The zero-order valence-corrected chi connectivity index (χ0v) is 16.7. The van der Waals surface area contributed by atoms with Crippen molar-refractivity contribution >= 4 is 38.4 Å². The van der Waals surface area contributed by atoms with E-state index in [4.69, 9.17) is 4.74 Å². The minimum absolute atomic E-state index is 0.0609. The Hall–Kier alpha value is -3.23. The van der Waals surface area contributed by atoms with Crippen LogP contribution in [0.4, 0.5) is 5.69 Å². The third-order valence-corrected chi connectivity index (χ3v) is 5.89. The van der Waals surface area contributed by atoms with Gasteiger partial charge in [0.05, 0.1) is 29.3 Å². The monoisotopic (exact) mass is 412 g/mol. The topological polar surface area (TPSA) is 102 Å². The van der Waals surface area contributed by atoms with Gasteiger partial charge < -0.3 is 10.1 Å². The predicted octanol–water partition coefficient (Wildman–Crippen LogP) is 2.93. The summed E-state index contributed by atoms with van der Waals surface area (Å²) in [6.45, 7) is 1.43. The molecular weight excluding hydrogens is 392 g/mol. The molecule has 3 aromatic rings. The van der Waals surface area contributed by atoms with Crippen molar-refractivity contribution in [3.8, 4) is 0 Å². The van der Waals surface area contributed by atoms with Crippen molar-refractivity contribution in [2.24, 2.45) is 0 Å². The number of benzene rings is 3. The normalized spacial score (nSPS) is 12.3. The van der Waals surface area contributed by atoms with Crippen LogP contribution >= 0.6 is 0 Å². The Morgan fingerprint density at radius 2 is 1.59 bits per heavy atom. The number of hydrogen-bond donors (Lipinski definition) is 2. The molecule has 0 aliphatic rings. The minimum atomic E-state index is -3.92. The second-order valence-electron chi connectivity index (χ2n) is 6.38. The first-order chi connectivity index (χ1) is 13.8.